The molecule has 0 aromatic heterocycles. The number of para-hydroxylation sites is 3. The lowest BCUT2D eigenvalue weighted by atomic mass is 9.91. The fraction of sp³-hybridized carbons (Fsp3) is 0.308. The average Bonchev–Trinajstić information content (AvgIpc) is 3.07. The Labute approximate surface area is 169 Å². The van der Waals surface area contributed by atoms with Gasteiger partial charge in [-0.3, -0.25) is 0 Å². The number of benzene rings is 3. The van der Waals surface area contributed by atoms with Crippen LogP contribution in [0.25, 0.3) is 0 Å². The molecule has 1 heterocycles. The molecule has 4 rings (SSSR count). The highest BCUT2D eigenvalue weighted by molar-refractivity contribution is 5.85. The van der Waals surface area contributed by atoms with Crippen LogP contribution in [0.3, 0.4) is 0 Å². The first-order valence-corrected chi connectivity index (χ1v) is 10.3. The van der Waals surface area contributed by atoms with Gasteiger partial charge in [0.2, 0.25) is 0 Å². The summed E-state index contributed by atoms with van der Waals surface area (Å²) in [4.78, 5) is 2.52. The fourth-order valence-corrected chi connectivity index (χ4v) is 4.18. The van der Waals surface area contributed by atoms with Gasteiger partial charge in [0, 0.05) is 0 Å². The van der Waals surface area contributed by atoms with Crippen LogP contribution in [0.1, 0.15) is 68.0 Å². The Balaban J connectivity index is 1.96. The Morgan fingerprint density at radius 1 is 0.750 bits per heavy atom. The Morgan fingerprint density at radius 3 is 1.96 bits per heavy atom. The summed E-state index contributed by atoms with van der Waals surface area (Å²) in [5.74, 6) is 0.917. The van der Waals surface area contributed by atoms with E-state index in [0.717, 1.165) is 0 Å². The van der Waals surface area contributed by atoms with Crippen molar-refractivity contribution < 1.29 is 0 Å². The number of hydrogen-bond donors (Lipinski definition) is 1. The van der Waals surface area contributed by atoms with Crippen molar-refractivity contribution in [2.45, 2.75) is 52.6 Å². The third kappa shape index (κ3) is 3.17. The molecule has 3 aromatic carbocycles. The number of hydrogen-bond acceptors (Lipinski definition) is 2. The molecule has 3 aromatic rings. The highest BCUT2D eigenvalue weighted by Gasteiger charge is 2.34. The molecule has 0 radical (unpaired) electrons. The maximum absolute atomic E-state index is 3.78. The van der Waals surface area contributed by atoms with Crippen molar-refractivity contribution in [2.24, 2.45) is 0 Å². The van der Waals surface area contributed by atoms with E-state index in [9.17, 15) is 0 Å². The molecule has 0 saturated heterocycles. The summed E-state index contributed by atoms with van der Waals surface area (Å²) < 4.78 is 0. The van der Waals surface area contributed by atoms with Crippen LogP contribution in [0, 0.1) is 6.92 Å². The van der Waals surface area contributed by atoms with E-state index in [1.807, 2.05) is 0 Å². The molecular weight excluding hydrogens is 340 g/mol. The Hall–Kier alpha value is -2.74. The Bertz CT molecular complexity index is 944. The lowest BCUT2D eigenvalue weighted by Gasteiger charge is -2.33. The molecule has 1 atom stereocenters. The molecule has 2 heteroatoms. The van der Waals surface area contributed by atoms with Crippen molar-refractivity contribution in [3.05, 3.63) is 89.0 Å². The van der Waals surface area contributed by atoms with E-state index in [-0.39, 0.29) is 6.17 Å². The smallest absolute Gasteiger partial charge is 0.130 e. The zero-order valence-corrected chi connectivity index (χ0v) is 17.5. The molecule has 0 saturated carbocycles. The third-order valence-electron chi connectivity index (χ3n) is 5.69. The van der Waals surface area contributed by atoms with Crippen LogP contribution in [-0.2, 0) is 0 Å². The van der Waals surface area contributed by atoms with Crippen molar-refractivity contribution in [2.75, 3.05) is 10.2 Å². The Kier molecular flexibility index (Phi) is 4.89. The number of fused-ring (bicyclic) bond motifs is 1. The Morgan fingerprint density at radius 2 is 1.36 bits per heavy atom. The number of nitrogens with zero attached hydrogens (tertiary/aromatic N) is 1. The van der Waals surface area contributed by atoms with E-state index in [1.54, 1.807) is 0 Å². The molecule has 1 aliphatic heterocycles. The number of nitrogens with one attached hydrogen (secondary N) is 1. The summed E-state index contributed by atoms with van der Waals surface area (Å²) in [5, 5.41) is 3.78. The summed E-state index contributed by atoms with van der Waals surface area (Å²) in [6.45, 7) is 11.3. The quantitative estimate of drug-likeness (QED) is 0.511. The minimum atomic E-state index is 0.0930. The predicted molar refractivity (Wildman–Crippen MR) is 121 cm³/mol. The molecule has 2 nitrogen and oxygen atoms in total. The van der Waals surface area contributed by atoms with Gasteiger partial charge in [0.25, 0.3) is 0 Å². The average molecular weight is 371 g/mol. The first-order chi connectivity index (χ1) is 13.5. The highest BCUT2D eigenvalue weighted by Crippen LogP contribution is 2.50. The predicted octanol–water partition coefficient (Wildman–Crippen LogP) is 7.50. The molecule has 0 aliphatic carbocycles. The standard InChI is InChI=1S/C26H30N2/c1-17(2)21-9-8-10-22(18(3)4)25(21)28-24-12-7-6-11-23(24)27-26(28)20-15-13-19(5)14-16-20/h6-18,26-27H,1-5H3. The van der Waals surface area contributed by atoms with E-state index >= 15 is 0 Å². The van der Waals surface area contributed by atoms with Gasteiger partial charge in [0.1, 0.15) is 6.17 Å². The molecule has 1 unspecified atom stereocenters. The summed E-state index contributed by atoms with van der Waals surface area (Å²) in [6, 6.07) is 24.4. The van der Waals surface area contributed by atoms with Gasteiger partial charge in [-0.2, -0.15) is 0 Å². The molecule has 0 amide bonds. The van der Waals surface area contributed by atoms with Gasteiger partial charge in [-0.05, 0) is 47.6 Å². The van der Waals surface area contributed by atoms with Gasteiger partial charge < -0.3 is 10.2 Å². The van der Waals surface area contributed by atoms with Crippen LogP contribution >= 0.6 is 0 Å². The van der Waals surface area contributed by atoms with Gasteiger partial charge in [0.05, 0.1) is 17.1 Å². The van der Waals surface area contributed by atoms with E-state index in [4.69, 9.17) is 0 Å². The molecule has 1 aliphatic rings. The lowest BCUT2D eigenvalue weighted by molar-refractivity contribution is 0.775. The monoisotopic (exact) mass is 370 g/mol. The second kappa shape index (κ2) is 7.35. The van der Waals surface area contributed by atoms with Gasteiger partial charge in [0.15, 0.2) is 0 Å². The van der Waals surface area contributed by atoms with Crippen LogP contribution in [0.15, 0.2) is 66.7 Å². The number of rotatable bonds is 4. The summed E-state index contributed by atoms with van der Waals surface area (Å²) in [6.07, 6.45) is 0.0930. The van der Waals surface area contributed by atoms with Crippen LogP contribution in [0.4, 0.5) is 17.1 Å². The largest absolute Gasteiger partial charge is 0.359 e. The zero-order valence-electron chi connectivity index (χ0n) is 17.5. The first-order valence-electron chi connectivity index (χ1n) is 10.3. The molecule has 0 bridgehead atoms. The second-order valence-corrected chi connectivity index (χ2v) is 8.44. The maximum Gasteiger partial charge on any atom is 0.130 e. The third-order valence-corrected chi connectivity index (χ3v) is 5.69. The normalized spacial score (nSPS) is 15.8. The highest BCUT2D eigenvalue weighted by atomic mass is 15.3. The van der Waals surface area contributed by atoms with Crippen LogP contribution in [0.2, 0.25) is 0 Å². The van der Waals surface area contributed by atoms with Crippen molar-refractivity contribution >= 4 is 17.1 Å². The van der Waals surface area contributed by atoms with E-state index in [0.29, 0.717) is 11.8 Å². The molecule has 0 fully saturated rings. The van der Waals surface area contributed by atoms with E-state index < -0.39 is 0 Å². The zero-order chi connectivity index (χ0) is 19.8. The van der Waals surface area contributed by atoms with Gasteiger partial charge in [-0.15, -0.1) is 0 Å². The van der Waals surface area contributed by atoms with E-state index in [2.05, 4.69) is 112 Å². The number of anilines is 3. The fourth-order valence-electron chi connectivity index (χ4n) is 4.18. The summed E-state index contributed by atoms with van der Waals surface area (Å²) in [5.41, 5.74) is 9.19. The summed E-state index contributed by atoms with van der Waals surface area (Å²) in [7, 11) is 0. The van der Waals surface area contributed by atoms with Crippen molar-refractivity contribution in [3.8, 4) is 0 Å². The maximum atomic E-state index is 3.78. The van der Waals surface area contributed by atoms with Crippen molar-refractivity contribution in [1.29, 1.82) is 0 Å². The molecule has 1 N–H and O–H groups in total. The SMILES string of the molecule is Cc1ccc(C2Nc3ccccc3N2c2c(C(C)C)cccc2C(C)C)cc1. The van der Waals surface area contributed by atoms with Crippen molar-refractivity contribution in [1.82, 2.24) is 0 Å². The number of aryl methyl sites for hydroxylation is 1. The minimum Gasteiger partial charge on any atom is -0.359 e. The van der Waals surface area contributed by atoms with Crippen LogP contribution < -0.4 is 10.2 Å². The topological polar surface area (TPSA) is 15.3 Å². The van der Waals surface area contributed by atoms with Crippen molar-refractivity contribution in [3.63, 3.8) is 0 Å². The molecular formula is C26H30N2. The van der Waals surface area contributed by atoms with Gasteiger partial charge in [-0.25, -0.2) is 0 Å². The van der Waals surface area contributed by atoms with E-state index in [1.165, 1.54) is 39.3 Å². The van der Waals surface area contributed by atoms with Gasteiger partial charge in [-0.1, -0.05) is 87.9 Å². The molecule has 28 heavy (non-hydrogen) atoms. The lowest BCUT2D eigenvalue weighted by Crippen LogP contribution is -2.26. The first kappa shape index (κ1) is 18.6. The summed E-state index contributed by atoms with van der Waals surface area (Å²) >= 11 is 0. The van der Waals surface area contributed by atoms with Crippen LogP contribution in [-0.4, -0.2) is 0 Å². The molecule has 0 spiro atoms. The molecule has 144 valence electrons. The minimum absolute atomic E-state index is 0.0930. The van der Waals surface area contributed by atoms with Crippen LogP contribution in [0.5, 0.6) is 0 Å². The second-order valence-electron chi connectivity index (χ2n) is 8.44. The van der Waals surface area contributed by atoms with Gasteiger partial charge >= 0.3 is 0 Å².